The Balaban J connectivity index is 1.94. The van der Waals surface area contributed by atoms with Crippen molar-refractivity contribution in [2.75, 3.05) is 13.1 Å². The molecule has 2 rings (SSSR count). The summed E-state index contributed by atoms with van der Waals surface area (Å²) >= 11 is 0. The molecule has 0 aromatic carbocycles. The molecule has 3 heteroatoms. The lowest BCUT2D eigenvalue weighted by Crippen LogP contribution is -2.37. The molecule has 0 aliphatic carbocycles. The van der Waals surface area contributed by atoms with E-state index < -0.39 is 0 Å². The minimum absolute atomic E-state index is 0.175. The average Bonchev–Trinajstić information content (AvgIpc) is 2.63. The Hall–Kier alpha value is -0.570. The van der Waals surface area contributed by atoms with Gasteiger partial charge in [0.05, 0.1) is 6.10 Å². The zero-order valence-corrected chi connectivity index (χ0v) is 6.04. The quantitative estimate of drug-likeness (QED) is 0.445. The van der Waals surface area contributed by atoms with Crippen molar-refractivity contribution in [2.24, 2.45) is 0 Å². The van der Waals surface area contributed by atoms with E-state index in [4.69, 9.17) is 4.74 Å². The van der Waals surface area contributed by atoms with Gasteiger partial charge in [-0.15, -0.1) is 0 Å². The third kappa shape index (κ3) is 0.904. The van der Waals surface area contributed by atoms with Gasteiger partial charge < -0.3 is 9.64 Å². The Morgan fingerprint density at radius 1 is 1.60 bits per heavy atom. The molecule has 0 N–H and O–H groups in total. The van der Waals surface area contributed by atoms with Gasteiger partial charge in [0.25, 0.3) is 0 Å². The van der Waals surface area contributed by atoms with Crippen LogP contribution in [0.3, 0.4) is 0 Å². The van der Waals surface area contributed by atoms with E-state index in [1.165, 1.54) is 0 Å². The second-order valence-electron chi connectivity index (χ2n) is 2.97. The molecule has 0 bridgehead atoms. The van der Waals surface area contributed by atoms with Crippen LogP contribution in [0, 0.1) is 0 Å². The zero-order chi connectivity index (χ0) is 7.14. The number of carbonyl (C=O) groups excluding carboxylic acids is 1. The van der Waals surface area contributed by atoms with Crippen molar-refractivity contribution >= 4 is 5.91 Å². The fraction of sp³-hybridized carbons (Fsp3) is 0.857. The van der Waals surface area contributed by atoms with E-state index in [9.17, 15) is 4.79 Å². The van der Waals surface area contributed by atoms with Gasteiger partial charge in [0.1, 0.15) is 6.10 Å². The van der Waals surface area contributed by atoms with Gasteiger partial charge in [0.2, 0.25) is 5.91 Å². The second-order valence-corrected chi connectivity index (χ2v) is 2.97. The molecule has 2 saturated heterocycles. The summed E-state index contributed by atoms with van der Waals surface area (Å²) in [5.41, 5.74) is 0. The number of nitrogens with zero attached hydrogens (tertiary/aromatic N) is 1. The van der Waals surface area contributed by atoms with Crippen LogP contribution in [0.4, 0.5) is 0 Å². The summed E-state index contributed by atoms with van der Waals surface area (Å²) in [6.07, 6.45) is 1.89. The molecule has 1 amide bonds. The van der Waals surface area contributed by atoms with Crippen LogP contribution in [0.15, 0.2) is 0 Å². The highest BCUT2D eigenvalue weighted by Gasteiger charge is 2.43. The fourth-order valence-corrected chi connectivity index (χ4v) is 1.47. The van der Waals surface area contributed by atoms with Crippen LogP contribution in [0.1, 0.15) is 13.3 Å². The highest BCUT2D eigenvalue weighted by atomic mass is 16.6. The monoisotopic (exact) mass is 141 g/mol. The summed E-state index contributed by atoms with van der Waals surface area (Å²) in [4.78, 5) is 12.7. The molecule has 2 aliphatic heterocycles. The summed E-state index contributed by atoms with van der Waals surface area (Å²) < 4.78 is 5.26. The fourth-order valence-electron chi connectivity index (χ4n) is 1.47. The van der Waals surface area contributed by atoms with Crippen molar-refractivity contribution in [2.45, 2.75) is 25.6 Å². The van der Waals surface area contributed by atoms with Crippen LogP contribution in [0.5, 0.6) is 0 Å². The molecule has 2 fully saturated rings. The van der Waals surface area contributed by atoms with E-state index in [2.05, 4.69) is 0 Å². The van der Waals surface area contributed by atoms with Gasteiger partial charge in [0.15, 0.2) is 0 Å². The molecule has 0 radical (unpaired) electrons. The average molecular weight is 141 g/mol. The molecule has 2 atom stereocenters. The molecule has 0 aromatic rings. The number of likely N-dealkylation sites (tertiary alicyclic amines) is 1. The lowest BCUT2D eigenvalue weighted by molar-refractivity contribution is -0.129. The summed E-state index contributed by atoms with van der Waals surface area (Å²) in [5, 5.41) is 0. The highest BCUT2D eigenvalue weighted by molar-refractivity contribution is 5.73. The van der Waals surface area contributed by atoms with Gasteiger partial charge in [-0.25, -0.2) is 0 Å². The summed E-state index contributed by atoms with van der Waals surface area (Å²) in [6, 6.07) is 0. The van der Waals surface area contributed by atoms with Crippen LogP contribution in [0.2, 0.25) is 0 Å². The molecule has 2 heterocycles. The predicted octanol–water partition coefficient (Wildman–Crippen LogP) is 0.00600. The number of carbonyl (C=O) groups is 1. The number of piperidine rings is 1. The third-order valence-corrected chi connectivity index (χ3v) is 2.22. The van der Waals surface area contributed by atoms with E-state index in [-0.39, 0.29) is 5.91 Å². The van der Waals surface area contributed by atoms with Gasteiger partial charge in [-0.05, 0) is 6.42 Å². The number of rotatable bonds is 0. The van der Waals surface area contributed by atoms with Crippen LogP contribution >= 0.6 is 0 Å². The maximum Gasteiger partial charge on any atom is 0.219 e. The first-order chi connectivity index (χ1) is 4.77. The van der Waals surface area contributed by atoms with Crippen molar-refractivity contribution in [3.63, 3.8) is 0 Å². The zero-order valence-electron chi connectivity index (χ0n) is 6.04. The van der Waals surface area contributed by atoms with Gasteiger partial charge in [-0.1, -0.05) is 0 Å². The first kappa shape index (κ1) is 6.16. The maximum atomic E-state index is 10.8. The largest absolute Gasteiger partial charge is 0.368 e. The van der Waals surface area contributed by atoms with Crippen LogP contribution in [-0.4, -0.2) is 36.1 Å². The smallest absolute Gasteiger partial charge is 0.219 e. The summed E-state index contributed by atoms with van der Waals surface area (Å²) in [6.45, 7) is 3.32. The lowest BCUT2D eigenvalue weighted by Gasteiger charge is -2.22. The van der Waals surface area contributed by atoms with E-state index >= 15 is 0 Å². The lowest BCUT2D eigenvalue weighted by atomic mass is 10.1. The van der Waals surface area contributed by atoms with Crippen LogP contribution in [-0.2, 0) is 9.53 Å². The van der Waals surface area contributed by atoms with Crippen molar-refractivity contribution in [1.82, 2.24) is 4.90 Å². The minimum atomic E-state index is 0.175. The molecule has 56 valence electrons. The minimum Gasteiger partial charge on any atom is -0.368 e. The summed E-state index contributed by atoms with van der Waals surface area (Å²) in [7, 11) is 0. The molecule has 10 heavy (non-hydrogen) atoms. The number of epoxide rings is 1. The molecular formula is C7H11NO2. The maximum absolute atomic E-state index is 10.8. The van der Waals surface area contributed by atoms with Crippen molar-refractivity contribution in [3.05, 3.63) is 0 Å². The topological polar surface area (TPSA) is 32.8 Å². The first-order valence-corrected chi connectivity index (χ1v) is 3.68. The van der Waals surface area contributed by atoms with Gasteiger partial charge in [-0.2, -0.15) is 0 Å². The standard InChI is InChI=1S/C7H11NO2/c1-5(9)8-3-2-6-7(4-8)10-6/h6-7H,2-4H2,1H3/t6-,7+/m1/s1. The molecule has 3 nitrogen and oxygen atoms in total. The first-order valence-electron chi connectivity index (χ1n) is 3.68. The number of amides is 1. The molecular weight excluding hydrogens is 130 g/mol. The Labute approximate surface area is 60.0 Å². The third-order valence-electron chi connectivity index (χ3n) is 2.22. The van der Waals surface area contributed by atoms with Crippen molar-refractivity contribution < 1.29 is 9.53 Å². The van der Waals surface area contributed by atoms with Crippen LogP contribution < -0.4 is 0 Å². The van der Waals surface area contributed by atoms with Gasteiger partial charge in [0, 0.05) is 20.0 Å². The summed E-state index contributed by atoms with van der Waals surface area (Å²) in [5.74, 6) is 0.175. The molecule has 0 saturated carbocycles. The van der Waals surface area contributed by atoms with E-state index in [0.717, 1.165) is 19.5 Å². The van der Waals surface area contributed by atoms with E-state index in [1.54, 1.807) is 6.92 Å². The number of fused-ring (bicyclic) bond motifs is 1. The SMILES string of the molecule is CC(=O)N1CC[C@H]2O[C@H]2C1. The van der Waals surface area contributed by atoms with E-state index in [0.29, 0.717) is 12.2 Å². The molecule has 2 aliphatic rings. The van der Waals surface area contributed by atoms with Crippen LogP contribution in [0.25, 0.3) is 0 Å². The Kier molecular flexibility index (Phi) is 1.20. The second kappa shape index (κ2) is 1.95. The normalized spacial score (nSPS) is 37.1. The highest BCUT2D eigenvalue weighted by Crippen LogP contribution is 2.30. The Bertz CT molecular complexity index is 169. The Morgan fingerprint density at radius 3 is 3.00 bits per heavy atom. The number of ether oxygens (including phenoxy) is 1. The number of hydrogen-bond donors (Lipinski definition) is 0. The van der Waals surface area contributed by atoms with Gasteiger partial charge in [-0.3, -0.25) is 4.79 Å². The van der Waals surface area contributed by atoms with Gasteiger partial charge >= 0.3 is 0 Å². The molecule has 0 spiro atoms. The van der Waals surface area contributed by atoms with E-state index in [1.807, 2.05) is 4.90 Å². The number of hydrogen-bond acceptors (Lipinski definition) is 2. The molecule has 0 unspecified atom stereocenters. The Morgan fingerprint density at radius 2 is 2.40 bits per heavy atom. The van der Waals surface area contributed by atoms with Crippen molar-refractivity contribution in [3.8, 4) is 0 Å². The molecule has 0 aromatic heterocycles. The predicted molar refractivity (Wildman–Crippen MR) is 35.5 cm³/mol. The van der Waals surface area contributed by atoms with Crippen molar-refractivity contribution in [1.29, 1.82) is 0 Å².